The summed E-state index contributed by atoms with van der Waals surface area (Å²) in [5.74, 6) is 1.42. The predicted octanol–water partition coefficient (Wildman–Crippen LogP) is 5.23. The molecule has 5 aromatic rings. The molecule has 0 aliphatic carbocycles. The molecule has 3 N–H and O–H groups in total. The van der Waals surface area contributed by atoms with Gasteiger partial charge in [-0.3, -0.25) is 4.79 Å². The summed E-state index contributed by atoms with van der Waals surface area (Å²) in [6, 6.07) is 14.8. The first-order chi connectivity index (χ1) is 15.4. The fourth-order valence-corrected chi connectivity index (χ4v) is 4.82. The number of H-pyrrole nitrogens is 2. The molecule has 0 aliphatic heterocycles. The van der Waals surface area contributed by atoms with Gasteiger partial charge in [-0.05, 0) is 48.5 Å². The zero-order valence-electron chi connectivity index (χ0n) is 17.6. The molecule has 32 heavy (non-hydrogen) atoms. The Bertz CT molecular complexity index is 1640. The van der Waals surface area contributed by atoms with E-state index >= 15 is 0 Å². The quantitative estimate of drug-likeness (QED) is 0.344. The number of pyridine rings is 1. The molecule has 3 aromatic heterocycles. The summed E-state index contributed by atoms with van der Waals surface area (Å²) in [5.41, 5.74) is 2.79. The molecule has 5 rings (SSSR count). The van der Waals surface area contributed by atoms with Crippen LogP contribution in [0.3, 0.4) is 0 Å². The largest absolute Gasteiger partial charge is 0.457 e. The topological polar surface area (TPSA) is 104 Å². The van der Waals surface area contributed by atoms with E-state index in [1.54, 1.807) is 44.6 Å². The third-order valence-electron chi connectivity index (χ3n) is 5.68. The van der Waals surface area contributed by atoms with Crippen molar-refractivity contribution >= 4 is 31.5 Å². The van der Waals surface area contributed by atoms with Crippen LogP contribution in [0.4, 0.5) is 0 Å². The van der Waals surface area contributed by atoms with E-state index in [9.17, 15) is 9.00 Å². The number of benzene rings is 2. The van der Waals surface area contributed by atoms with E-state index in [1.165, 1.54) is 4.57 Å². The summed E-state index contributed by atoms with van der Waals surface area (Å²) in [4.78, 5) is 19.1. The average Bonchev–Trinajstić information content (AvgIpc) is 3.46. The van der Waals surface area contributed by atoms with E-state index in [0.717, 1.165) is 21.9 Å². The lowest BCUT2D eigenvalue weighted by atomic mass is 10.0. The van der Waals surface area contributed by atoms with Gasteiger partial charge < -0.3 is 19.3 Å². The molecule has 0 bridgehead atoms. The first-order valence-electron chi connectivity index (χ1n) is 10.2. The Labute approximate surface area is 184 Å². The first kappa shape index (κ1) is 20.1. The van der Waals surface area contributed by atoms with Gasteiger partial charge in [0.2, 0.25) is 0 Å². The Hall–Kier alpha value is -3.78. The van der Waals surface area contributed by atoms with Gasteiger partial charge in [0.1, 0.15) is 17.0 Å². The number of aromatic amines is 2. The summed E-state index contributed by atoms with van der Waals surface area (Å²) in [6.45, 7) is 1.74. The van der Waals surface area contributed by atoms with Crippen LogP contribution in [0.2, 0.25) is 0 Å². The molecular formula is C24H22N4O3S. The van der Waals surface area contributed by atoms with Gasteiger partial charge in [0.05, 0.1) is 9.73 Å². The minimum absolute atomic E-state index is 0.136. The highest BCUT2D eigenvalue weighted by Crippen LogP contribution is 2.38. The molecule has 0 radical (unpaired) electrons. The lowest BCUT2D eigenvalue weighted by molar-refractivity contribution is 0.485. The van der Waals surface area contributed by atoms with Gasteiger partial charge in [-0.1, -0.05) is 6.92 Å². The summed E-state index contributed by atoms with van der Waals surface area (Å²) in [5, 5.41) is 1.76. The summed E-state index contributed by atoms with van der Waals surface area (Å²) >= 11 is 0. The molecule has 1 atom stereocenters. The van der Waals surface area contributed by atoms with Gasteiger partial charge in [-0.15, -0.1) is 0 Å². The highest BCUT2D eigenvalue weighted by atomic mass is 32.2. The number of hydrogen-bond donors (Lipinski definition) is 3. The van der Waals surface area contributed by atoms with Crippen LogP contribution in [0.25, 0.3) is 32.9 Å². The maximum Gasteiger partial charge on any atom is 0.274 e. The van der Waals surface area contributed by atoms with Crippen LogP contribution in [-0.4, -0.2) is 24.5 Å². The molecule has 7 nitrogen and oxygen atoms in total. The number of aryl methyl sites for hydroxylation is 1. The predicted molar refractivity (Wildman–Crippen MR) is 127 cm³/mol. The van der Waals surface area contributed by atoms with Crippen molar-refractivity contribution in [2.45, 2.75) is 11.8 Å². The fourth-order valence-electron chi connectivity index (χ4n) is 3.89. The Morgan fingerprint density at radius 3 is 2.66 bits per heavy atom. The van der Waals surface area contributed by atoms with Crippen LogP contribution in [-0.2, 0) is 16.8 Å². The minimum Gasteiger partial charge on any atom is -0.457 e. The molecule has 0 saturated carbocycles. The van der Waals surface area contributed by atoms with Crippen LogP contribution in [0.5, 0.6) is 11.5 Å². The van der Waals surface area contributed by atoms with E-state index in [1.807, 2.05) is 36.5 Å². The van der Waals surface area contributed by atoms with Crippen molar-refractivity contribution in [2.75, 3.05) is 5.75 Å². The standard InChI is InChI=1S/C24H22N4O3S/c1-3-32(25,30)17-5-7-22(31-16-4-6-21-15(12-16)8-10-26-21)19(13-17)20-14-28(2)24(29)23-18(20)9-11-27-23/h4-14,25-27H,3H2,1-2H3. The second-order valence-electron chi connectivity index (χ2n) is 7.68. The van der Waals surface area contributed by atoms with Crippen molar-refractivity contribution in [1.29, 1.82) is 4.78 Å². The second-order valence-corrected chi connectivity index (χ2v) is 10.1. The van der Waals surface area contributed by atoms with Gasteiger partial charge in [0.15, 0.2) is 0 Å². The average molecular weight is 447 g/mol. The van der Waals surface area contributed by atoms with Crippen LogP contribution in [0.15, 0.2) is 76.8 Å². The maximum atomic E-state index is 12.8. The molecule has 1 unspecified atom stereocenters. The SMILES string of the molecule is CCS(=N)(=O)c1ccc(Oc2ccc3[nH]ccc3c2)c(-c2cn(C)c(=O)c3[nH]ccc23)c1. The first-order valence-corrected chi connectivity index (χ1v) is 11.9. The maximum absolute atomic E-state index is 12.8. The Morgan fingerprint density at radius 2 is 1.84 bits per heavy atom. The molecular weight excluding hydrogens is 424 g/mol. The smallest absolute Gasteiger partial charge is 0.274 e. The van der Waals surface area contributed by atoms with Crippen LogP contribution in [0, 0.1) is 4.78 Å². The van der Waals surface area contributed by atoms with Gasteiger partial charge in [0, 0.05) is 63.7 Å². The fraction of sp³-hybridized carbons (Fsp3) is 0.125. The molecule has 8 heteroatoms. The zero-order chi connectivity index (χ0) is 22.5. The Kier molecular flexibility index (Phi) is 4.67. The molecule has 162 valence electrons. The van der Waals surface area contributed by atoms with E-state index in [-0.39, 0.29) is 11.3 Å². The van der Waals surface area contributed by atoms with Crippen LogP contribution >= 0.6 is 0 Å². The summed E-state index contributed by atoms with van der Waals surface area (Å²) in [6.07, 6.45) is 5.34. The van der Waals surface area contributed by atoms with Crippen molar-refractivity contribution in [3.63, 3.8) is 0 Å². The third-order valence-corrected chi connectivity index (χ3v) is 7.50. The van der Waals surface area contributed by atoms with E-state index in [2.05, 4.69) is 9.97 Å². The number of fused-ring (bicyclic) bond motifs is 2. The van der Waals surface area contributed by atoms with Gasteiger partial charge in [0.25, 0.3) is 5.56 Å². The van der Waals surface area contributed by atoms with E-state index < -0.39 is 9.73 Å². The highest BCUT2D eigenvalue weighted by Gasteiger charge is 2.18. The lowest BCUT2D eigenvalue weighted by Gasteiger charge is -2.16. The zero-order valence-corrected chi connectivity index (χ0v) is 18.5. The van der Waals surface area contributed by atoms with Crippen molar-refractivity contribution < 1.29 is 8.95 Å². The monoisotopic (exact) mass is 446 g/mol. The van der Waals surface area contributed by atoms with Crippen molar-refractivity contribution in [3.05, 3.63) is 77.5 Å². The third kappa shape index (κ3) is 3.29. The molecule has 0 spiro atoms. The summed E-state index contributed by atoms with van der Waals surface area (Å²) < 4.78 is 28.9. The van der Waals surface area contributed by atoms with Gasteiger partial charge in [-0.25, -0.2) is 8.99 Å². The van der Waals surface area contributed by atoms with E-state index in [0.29, 0.717) is 27.5 Å². The molecule has 0 aliphatic rings. The number of rotatable bonds is 5. The number of aromatic nitrogens is 3. The van der Waals surface area contributed by atoms with E-state index in [4.69, 9.17) is 9.52 Å². The number of ether oxygens (including phenoxy) is 1. The Balaban J connectivity index is 1.74. The number of nitrogens with one attached hydrogen (secondary N) is 3. The van der Waals surface area contributed by atoms with Gasteiger partial charge in [-0.2, -0.15) is 0 Å². The Morgan fingerprint density at radius 1 is 1.03 bits per heavy atom. The number of hydrogen-bond acceptors (Lipinski definition) is 4. The van der Waals surface area contributed by atoms with Crippen LogP contribution in [0.1, 0.15) is 6.92 Å². The minimum atomic E-state index is -2.93. The van der Waals surface area contributed by atoms with Gasteiger partial charge >= 0.3 is 0 Å². The molecule has 0 fully saturated rings. The number of nitrogens with zero attached hydrogens (tertiary/aromatic N) is 1. The summed E-state index contributed by atoms with van der Waals surface area (Å²) in [7, 11) is -1.24. The highest BCUT2D eigenvalue weighted by molar-refractivity contribution is 7.92. The molecule has 2 aromatic carbocycles. The lowest BCUT2D eigenvalue weighted by Crippen LogP contribution is -2.16. The normalized spacial score (nSPS) is 13.4. The van der Waals surface area contributed by atoms with Crippen LogP contribution < -0.4 is 10.3 Å². The van der Waals surface area contributed by atoms with Crippen molar-refractivity contribution in [2.24, 2.45) is 7.05 Å². The van der Waals surface area contributed by atoms with Crippen molar-refractivity contribution in [1.82, 2.24) is 14.5 Å². The molecule has 3 heterocycles. The molecule has 0 saturated heterocycles. The second kappa shape index (κ2) is 7.42. The van der Waals surface area contributed by atoms with Crippen molar-refractivity contribution in [3.8, 4) is 22.6 Å². The molecule has 0 amide bonds.